The van der Waals surface area contributed by atoms with Crippen LogP contribution in [0.2, 0.25) is 0 Å². The van der Waals surface area contributed by atoms with Crippen LogP contribution in [0.3, 0.4) is 0 Å². The van der Waals surface area contributed by atoms with Gasteiger partial charge in [0.15, 0.2) is 5.96 Å². The second-order valence-corrected chi connectivity index (χ2v) is 9.40. The van der Waals surface area contributed by atoms with E-state index in [9.17, 15) is 8.42 Å². The fourth-order valence-electron chi connectivity index (χ4n) is 2.74. The third-order valence-corrected chi connectivity index (χ3v) is 6.75. The van der Waals surface area contributed by atoms with E-state index in [0.717, 1.165) is 31.9 Å². The zero-order chi connectivity index (χ0) is 21.0. The summed E-state index contributed by atoms with van der Waals surface area (Å²) < 4.78 is 24.9. The highest BCUT2D eigenvalue weighted by Gasteiger charge is 2.14. The molecule has 2 N–H and O–H groups in total. The molecule has 0 amide bonds. The van der Waals surface area contributed by atoms with Gasteiger partial charge in [0.2, 0.25) is 10.0 Å². The van der Waals surface area contributed by atoms with Crippen LogP contribution < -0.4 is 10.6 Å². The van der Waals surface area contributed by atoms with Gasteiger partial charge in [-0.2, -0.15) is 0 Å². The van der Waals surface area contributed by atoms with Crippen molar-refractivity contribution in [2.24, 2.45) is 4.99 Å². The van der Waals surface area contributed by atoms with E-state index in [1.54, 1.807) is 21.0 Å². The van der Waals surface area contributed by atoms with E-state index in [0.29, 0.717) is 19.1 Å². The standard InChI is InChI=1S/C20H37N5O2S.HI/c1-6-28(26,27)25(5)16-10-14-22-20(21-3)23-15-13-18(2)24(4)17-19-11-8-7-9-12-19;/h7-9,11-12,18H,6,10,13-17H2,1-5H3,(H2,21,22,23);1H. The van der Waals surface area contributed by atoms with Crippen LogP contribution in [0.5, 0.6) is 0 Å². The molecular weight excluding hydrogens is 501 g/mol. The highest BCUT2D eigenvalue weighted by Crippen LogP contribution is 2.07. The van der Waals surface area contributed by atoms with Crippen molar-refractivity contribution in [2.75, 3.05) is 46.5 Å². The van der Waals surface area contributed by atoms with Gasteiger partial charge in [-0.3, -0.25) is 9.89 Å². The minimum Gasteiger partial charge on any atom is -0.356 e. The first-order chi connectivity index (χ1) is 13.3. The normalized spacial score (nSPS) is 13.3. The van der Waals surface area contributed by atoms with E-state index in [-0.39, 0.29) is 29.7 Å². The molecule has 0 aromatic heterocycles. The number of aliphatic imine (C=N–C) groups is 1. The molecule has 0 spiro atoms. The van der Waals surface area contributed by atoms with Crippen molar-refractivity contribution >= 4 is 40.0 Å². The molecule has 1 aromatic carbocycles. The smallest absolute Gasteiger partial charge is 0.213 e. The third-order valence-electron chi connectivity index (χ3n) is 4.89. The van der Waals surface area contributed by atoms with Gasteiger partial charge in [-0.1, -0.05) is 30.3 Å². The number of nitrogens with one attached hydrogen (secondary N) is 2. The van der Waals surface area contributed by atoms with E-state index in [1.165, 1.54) is 9.87 Å². The first-order valence-electron chi connectivity index (χ1n) is 9.92. The Kier molecular flexibility index (Phi) is 14.5. The monoisotopic (exact) mass is 539 g/mol. The van der Waals surface area contributed by atoms with Crippen molar-refractivity contribution in [3.63, 3.8) is 0 Å². The van der Waals surface area contributed by atoms with Gasteiger partial charge in [0.05, 0.1) is 5.75 Å². The minimum atomic E-state index is -3.10. The van der Waals surface area contributed by atoms with Crippen molar-refractivity contribution in [2.45, 2.75) is 39.3 Å². The van der Waals surface area contributed by atoms with Crippen molar-refractivity contribution in [3.05, 3.63) is 35.9 Å². The topological polar surface area (TPSA) is 77.0 Å². The predicted molar refractivity (Wildman–Crippen MR) is 133 cm³/mol. The Morgan fingerprint density at radius 3 is 2.34 bits per heavy atom. The van der Waals surface area contributed by atoms with Gasteiger partial charge in [-0.25, -0.2) is 12.7 Å². The number of hydrogen-bond acceptors (Lipinski definition) is 4. The number of halogens is 1. The van der Waals surface area contributed by atoms with Gasteiger partial charge in [-0.15, -0.1) is 24.0 Å². The summed E-state index contributed by atoms with van der Waals surface area (Å²) in [5.41, 5.74) is 1.32. The number of hydrogen-bond donors (Lipinski definition) is 2. The number of rotatable bonds is 12. The van der Waals surface area contributed by atoms with Crippen LogP contribution >= 0.6 is 24.0 Å². The van der Waals surface area contributed by atoms with Gasteiger partial charge in [0, 0.05) is 46.3 Å². The van der Waals surface area contributed by atoms with E-state index >= 15 is 0 Å². The number of guanidine groups is 1. The molecule has 9 heteroatoms. The maximum atomic E-state index is 11.7. The summed E-state index contributed by atoms with van der Waals surface area (Å²) in [4.78, 5) is 6.57. The predicted octanol–water partition coefficient (Wildman–Crippen LogP) is 2.35. The van der Waals surface area contributed by atoms with Crippen molar-refractivity contribution in [3.8, 4) is 0 Å². The lowest BCUT2D eigenvalue weighted by molar-refractivity contribution is 0.238. The Bertz CT molecular complexity index is 685. The van der Waals surface area contributed by atoms with E-state index < -0.39 is 10.0 Å². The third kappa shape index (κ3) is 11.2. The highest BCUT2D eigenvalue weighted by atomic mass is 127. The molecule has 0 aliphatic heterocycles. The molecule has 0 saturated carbocycles. The summed E-state index contributed by atoms with van der Waals surface area (Å²) in [5.74, 6) is 0.885. The molecule has 1 rings (SSSR count). The molecule has 0 bridgehead atoms. The molecular formula is C20H38IN5O2S. The summed E-state index contributed by atoms with van der Waals surface area (Å²) in [6.07, 6.45) is 1.73. The lowest BCUT2D eigenvalue weighted by atomic mass is 10.1. The Balaban J connectivity index is 0.00000784. The van der Waals surface area contributed by atoms with Crippen LogP contribution in [0.1, 0.15) is 32.3 Å². The SMILES string of the molecule is CCS(=O)(=O)N(C)CCCNC(=NC)NCCC(C)N(C)Cc1ccccc1.I. The zero-order valence-corrected chi connectivity index (χ0v) is 21.5. The summed E-state index contributed by atoms with van der Waals surface area (Å²) in [6.45, 7) is 6.82. The van der Waals surface area contributed by atoms with Crippen molar-refractivity contribution in [1.82, 2.24) is 19.8 Å². The van der Waals surface area contributed by atoms with Gasteiger partial charge in [-0.05, 0) is 39.3 Å². The quantitative estimate of drug-likeness (QED) is 0.185. The zero-order valence-electron chi connectivity index (χ0n) is 18.4. The first kappa shape index (κ1) is 28.1. The highest BCUT2D eigenvalue weighted by molar-refractivity contribution is 14.0. The summed E-state index contributed by atoms with van der Waals surface area (Å²) in [5, 5.41) is 6.57. The minimum absolute atomic E-state index is 0. The van der Waals surface area contributed by atoms with Crippen LogP contribution in [0, 0.1) is 0 Å². The largest absolute Gasteiger partial charge is 0.356 e. The van der Waals surface area contributed by atoms with E-state index in [1.807, 2.05) is 6.07 Å². The Morgan fingerprint density at radius 1 is 1.14 bits per heavy atom. The fraction of sp³-hybridized carbons (Fsp3) is 0.650. The van der Waals surface area contributed by atoms with Crippen LogP contribution in [0.4, 0.5) is 0 Å². The molecule has 1 aromatic rings. The molecule has 0 aliphatic rings. The molecule has 1 atom stereocenters. The first-order valence-corrected chi connectivity index (χ1v) is 11.5. The number of sulfonamides is 1. The van der Waals surface area contributed by atoms with Crippen LogP contribution in [0.15, 0.2) is 35.3 Å². The lowest BCUT2D eigenvalue weighted by Gasteiger charge is -2.25. The maximum absolute atomic E-state index is 11.7. The van der Waals surface area contributed by atoms with Gasteiger partial charge in [0.25, 0.3) is 0 Å². The molecule has 29 heavy (non-hydrogen) atoms. The average molecular weight is 540 g/mol. The molecule has 0 fully saturated rings. The lowest BCUT2D eigenvalue weighted by Crippen LogP contribution is -2.41. The Hall–Kier alpha value is -0.910. The van der Waals surface area contributed by atoms with Crippen molar-refractivity contribution < 1.29 is 8.42 Å². The average Bonchev–Trinajstić information content (AvgIpc) is 2.69. The molecule has 0 radical (unpaired) electrons. The summed E-state index contributed by atoms with van der Waals surface area (Å²) in [7, 11) is 2.41. The molecule has 1 unspecified atom stereocenters. The second kappa shape index (κ2) is 15.0. The van der Waals surface area contributed by atoms with Crippen LogP contribution in [0.25, 0.3) is 0 Å². The molecule has 0 heterocycles. The van der Waals surface area contributed by atoms with E-state index in [2.05, 4.69) is 58.8 Å². The number of nitrogens with zero attached hydrogens (tertiary/aromatic N) is 3. The van der Waals surface area contributed by atoms with Crippen LogP contribution in [-0.2, 0) is 16.6 Å². The Labute approximate surface area is 194 Å². The summed E-state index contributed by atoms with van der Waals surface area (Å²) >= 11 is 0. The van der Waals surface area contributed by atoms with Gasteiger partial charge in [0.1, 0.15) is 0 Å². The van der Waals surface area contributed by atoms with E-state index in [4.69, 9.17) is 0 Å². The molecule has 0 aliphatic carbocycles. The number of benzene rings is 1. The van der Waals surface area contributed by atoms with Gasteiger partial charge >= 0.3 is 0 Å². The van der Waals surface area contributed by atoms with Crippen LogP contribution in [-0.4, -0.2) is 76.2 Å². The Morgan fingerprint density at radius 2 is 1.76 bits per heavy atom. The van der Waals surface area contributed by atoms with Gasteiger partial charge < -0.3 is 10.6 Å². The maximum Gasteiger partial charge on any atom is 0.213 e. The second-order valence-electron chi connectivity index (χ2n) is 7.04. The summed E-state index contributed by atoms with van der Waals surface area (Å²) in [6, 6.07) is 10.9. The van der Waals surface area contributed by atoms with Crippen molar-refractivity contribution in [1.29, 1.82) is 0 Å². The molecule has 168 valence electrons. The fourth-order valence-corrected chi connectivity index (χ4v) is 3.58. The molecule has 7 nitrogen and oxygen atoms in total. The molecule has 0 saturated heterocycles.